The Balaban J connectivity index is 1.82. The Morgan fingerprint density at radius 2 is 2.11 bits per heavy atom. The van der Waals surface area contributed by atoms with Crippen LogP contribution in [0.15, 0.2) is 30.5 Å². The van der Waals surface area contributed by atoms with E-state index in [0.717, 1.165) is 17.9 Å². The Morgan fingerprint density at radius 1 is 1.37 bits per heavy atom. The lowest BCUT2D eigenvalue weighted by Crippen LogP contribution is -2.08. The van der Waals surface area contributed by atoms with E-state index in [1.807, 2.05) is 18.3 Å². The number of hydrogen-bond acceptors (Lipinski definition) is 3. The molecule has 1 atom stereocenters. The number of benzene rings is 1. The number of rotatable bonds is 6. The van der Waals surface area contributed by atoms with Crippen molar-refractivity contribution in [2.24, 2.45) is 0 Å². The molecule has 1 aromatic carbocycles. The highest BCUT2D eigenvalue weighted by Crippen LogP contribution is 2.23. The van der Waals surface area contributed by atoms with Gasteiger partial charge in [0.05, 0.1) is 17.1 Å². The Hall–Kier alpha value is -1.07. The first-order chi connectivity index (χ1) is 9.19. The molecule has 102 valence electrons. The van der Waals surface area contributed by atoms with Crippen LogP contribution in [0.3, 0.4) is 0 Å². The molecule has 2 rings (SSSR count). The summed E-state index contributed by atoms with van der Waals surface area (Å²) in [6, 6.07) is 7.31. The zero-order valence-electron chi connectivity index (χ0n) is 10.6. The molecule has 0 fully saturated rings. The maximum atomic E-state index is 5.81. The predicted octanol–water partition coefficient (Wildman–Crippen LogP) is 3.86. The Labute approximate surface area is 125 Å². The summed E-state index contributed by atoms with van der Waals surface area (Å²) in [5.41, 5.74) is 0.953. The molecule has 0 spiro atoms. The number of hydrogen-bond donors (Lipinski definition) is 0. The number of alkyl halides is 1. The molecule has 1 heterocycles. The van der Waals surface area contributed by atoms with Crippen molar-refractivity contribution in [3.05, 3.63) is 41.2 Å². The molecule has 6 heteroatoms. The van der Waals surface area contributed by atoms with E-state index in [2.05, 4.69) is 33.2 Å². The second kappa shape index (κ2) is 6.91. The molecular formula is C13H15BrClN3O. The molecule has 0 amide bonds. The fourth-order valence-corrected chi connectivity index (χ4v) is 1.90. The third-order valence-corrected chi connectivity index (χ3v) is 4.01. The molecule has 0 aliphatic carbocycles. The van der Waals surface area contributed by atoms with Crippen LogP contribution in [0.2, 0.25) is 5.02 Å². The quantitative estimate of drug-likeness (QED) is 0.747. The van der Waals surface area contributed by atoms with Gasteiger partial charge in [0.15, 0.2) is 0 Å². The van der Waals surface area contributed by atoms with Crippen LogP contribution >= 0.6 is 27.5 Å². The van der Waals surface area contributed by atoms with Crippen LogP contribution < -0.4 is 4.74 Å². The van der Waals surface area contributed by atoms with Crippen molar-refractivity contribution in [1.82, 2.24) is 15.0 Å². The molecule has 0 bridgehead atoms. The number of ether oxygens (including phenoxy) is 1. The van der Waals surface area contributed by atoms with Crippen LogP contribution in [0.5, 0.6) is 5.75 Å². The first-order valence-electron chi connectivity index (χ1n) is 6.11. The molecule has 0 aliphatic rings. The van der Waals surface area contributed by atoms with Crippen LogP contribution in [0.1, 0.15) is 23.9 Å². The monoisotopic (exact) mass is 343 g/mol. The van der Waals surface area contributed by atoms with Crippen molar-refractivity contribution in [2.75, 3.05) is 6.61 Å². The molecule has 1 aromatic heterocycles. The van der Waals surface area contributed by atoms with E-state index in [0.29, 0.717) is 18.2 Å². The maximum absolute atomic E-state index is 5.81. The van der Waals surface area contributed by atoms with E-state index in [9.17, 15) is 0 Å². The fourth-order valence-electron chi connectivity index (χ4n) is 1.56. The second-order valence-corrected chi connectivity index (χ2v) is 5.63. The number of nitrogens with zero attached hydrogens (tertiary/aromatic N) is 3. The van der Waals surface area contributed by atoms with Gasteiger partial charge in [0.2, 0.25) is 0 Å². The van der Waals surface area contributed by atoms with Crippen LogP contribution in [-0.4, -0.2) is 21.6 Å². The Bertz CT molecular complexity index is 515. The van der Waals surface area contributed by atoms with Crippen LogP contribution in [0, 0.1) is 0 Å². The highest BCUT2D eigenvalue weighted by Gasteiger charge is 2.09. The smallest absolute Gasteiger partial charge is 0.119 e. The molecule has 0 aliphatic heterocycles. The topological polar surface area (TPSA) is 39.9 Å². The Morgan fingerprint density at radius 3 is 2.79 bits per heavy atom. The lowest BCUT2D eigenvalue weighted by atomic mass is 10.3. The van der Waals surface area contributed by atoms with Gasteiger partial charge in [-0.3, -0.25) is 0 Å². The zero-order valence-corrected chi connectivity index (χ0v) is 12.9. The van der Waals surface area contributed by atoms with Crippen molar-refractivity contribution >= 4 is 27.5 Å². The average Bonchev–Trinajstić information content (AvgIpc) is 2.89. The summed E-state index contributed by atoms with van der Waals surface area (Å²) in [6.45, 7) is 3.31. The fraction of sp³-hybridized carbons (Fsp3) is 0.385. The van der Waals surface area contributed by atoms with Crippen molar-refractivity contribution in [3.63, 3.8) is 0 Å². The van der Waals surface area contributed by atoms with Gasteiger partial charge >= 0.3 is 0 Å². The summed E-state index contributed by atoms with van der Waals surface area (Å²) in [6.07, 6.45) is 2.92. The van der Waals surface area contributed by atoms with E-state index in [-0.39, 0.29) is 4.83 Å². The van der Waals surface area contributed by atoms with Gasteiger partial charge in [0.25, 0.3) is 0 Å². The minimum absolute atomic E-state index is 0.262. The van der Waals surface area contributed by atoms with Gasteiger partial charge in [0.1, 0.15) is 12.4 Å². The van der Waals surface area contributed by atoms with E-state index >= 15 is 0 Å². The lowest BCUT2D eigenvalue weighted by molar-refractivity contribution is 0.289. The minimum atomic E-state index is 0.262. The summed E-state index contributed by atoms with van der Waals surface area (Å²) in [7, 11) is 0. The lowest BCUT2D eigenvalue weighted by Gasteiger charge is -2.05. The first kappa shape index (κ1) is 14.3. The summed E-state index contributed by atoms with van der Waals surface area (Å²) in [5, 5.41) is 8.89. The molecule has 0 saturated carbocycles. The Kier molecular flexibility index (Phi) is 5.22. The third kappa shape index (κ3) is 4.21. The third-order valence-electron chi connectivity index (χ3n) is 2.64. The van der Waals surface area contributed by atoms with Crippen molar-refractivity contribution < 1.29 is 4.74 Å². The van der Waals surface area contributed by atoms with Gasteiger partial charge in [-0.05, 0) is 30.7 Å². The molecule has 19 heavy (non-hydrogen) atoms. The maximum Gasteiger partial charge on any atom is 0.119 e. The summed E-state index contributed by atoms with van der Waals surface area (Å²) in [4.78, 5) is 0.262. The second-order valence-electron chi connectivity index (χ2n) is 4.08. The standard InChI is InChI=1S/C13H15BrClN3O/c1-2-12(14)13-9-18(17-16-13)7-8-19-11-5-3-10(15)4-6-11/h3-6,9,12H,2,7-8H2,1H3. The normalized spacial score (nSPS) is 12.4. The highest BCUT2D eigenvalue weighted by molar-refractivity contribution is 9.09. The van der Waals surface area contributed by atoms with Crippen LogP contribution in [-0.2, 0) is 6.54 Å². The molecule has 2 aromatic rings. The van der Waals surface area contributed by atoms with E-state index < -0.39 is 0 Å². The number of aromatic nitrogens is 3. The summed E-state index contributed by atoms with van der Waals surface area (Å²) in [5.74, 6) is 0.802. The molecular weight excluding hydrogens is 330 g/mol. The molecule has 0 N–H and O–H groups in total. The van der Waals surface area contributed by atoms with Crippen LogP contribution in [0.4, 0.5) is 0 Å². The van der Waals surface area contributed by atoms with Gasteiger partial charge in [-0.1, -0.05) is 39.7 Å². The summed E-state index contributed by atoms with van der Waals surface area (Å²) < 4.78 is 7.39. The predicted molar refractivity (Wildman–Crippen MR) is 78.9 cm³/mol. The van der Waals surface area contributed by atoms with Crippen molar-refractivity contribution in [3.8, 4) is 5.75 Å². The SMILES string of the molecule is CCC(Br)c1cn(CCOc2ccc(Cl)cc2)nn1. The van der Waals surface area contributed by atoms with Gasteiger partial charge in [-0.15, -0.1) is 5.10 Å². The first-order valence-corrected chi connectivity index (χ1v) is 7.41. The van der Waals surface area contributed by atoms with Crippen molar-refractivity contribution in [2.45, 2.75) is 24.7 Å². The van der Waals surface area contributed by atoms with E-state index in [4.69, 9.17) is 16.3 Å². The van der Waals surface area contributed by atoms with Gasteiger partial charge in [0, 0.05) is 11.2 Å². The summed E-state index contributed by atoms with van der Waals surface area (Å²) >= 11 is 9.36. The average molecular weight is 345 g/mol. The molecule has 0 saturated heterocycles. The number of halogens is 2. The largest absolute Gasteiger partial charge is 0.492 e. The minimum Gasteiger partial charge on any atom is -0.492 e. The van der Waals surface area contributed by atoms with Gasteiger partial charge in [-0.25, -0.2) is 4.68 Å². The molecule has 4 nitrogen and oxygen atoms in total. The van der Waals surface area contributed by atoms with Crippen LogP contribution in [0.25, 0.3) is 0 Å². The van der Waals surface area contributed by atoms with Crippen molar-refractivity contribution in [1.29, 1.82) is 0 Å². The zero-order chi connectivity index (χ0) is 13.7. The van der Waals surface area contributed by atoms with E-state index in [1.54, 1.807) is 16.8 Å². The molecule has 1 unspecified atom stereocenters. The van der Waals surface area contributed by atoms with E-state index in [1.165, 1.54) is 0 Å². The van der Waals surface area contributed by atoms with Gasteiger partial charge < -0.3 is 4.74 Å². The highest BCUT2D eigenvalue weighted by atomic mass is 79.9. The van der Waals surface area contributed by atoms with Gasteiger partial charge in [-0.2, -0.15) is 0 Å². The molecule has 0 radical (unpaired) electrons.